The van der Waals surface area contributed by atoms with Crippen LogP contribution in [0.15, 0.2) is 60.7 Å². The lowest BCUT2D eigenvalue weighted by Gasteiger charge is -2.37. The molecule has 29 heavy (non-hydrogen) atoms. The molecule has 2 aliphatic rings. The molecule has 6 heteroatoms. The van der Waals surface area contributed by atoms with Gasteiger partial charge in [-0.15, -0.1) is 0 Å². The number of hydrogen-bond acceptors (Lipinski definition) is 4. The lowest BCUT2D eigenvalue weighted by atomic mass is 10.0. The van der Waals surface area contributed by atoms with E-state index in [0.717, 1.165) is 11.3 Å². The third-order valence-corrected chi connectivity index (χ3v) is 5.55. The van der Waals surface area contributed by atoms with Crippen LogP contribution in [0.2, 0.25) is 0 Å². The zero-order chi connectivity index (χ0) is 20.1. The van der Waals surface area contributed by atoms with Crippen molar-refractivity contribution in [3.8, 4) is 0 Å². The highest BCUT2D eigenvalue weighted by atomic mass is 16.7. The van der Waals surface area contributed by atoms with E-state index in [0.29, 0.717) is 45.7 Å². The standard InChI is InChI=1S/C23H26N2O4/c26-21(24-13-11-23(12-14-24)28-15-16-29-23)17-22(27)25(20-9-5-2-6-10-20)18-19-7-3-1-4-8-19/h1-10H,11-18H2. The van der Waals surface area contributed by atoms with Gasteiger partial charge in [-0.1, -0.05) is 48.5 Å². The quantitative estimate of drug-likeness (QED) is 0.732. The topological polar surface area (TPSA) is 59.1 Å². The number of carbonyl (C=O) groups excluding carboxylic acids is 2. The molecule has 2 aromatic rings. The van der Waals surface area contributed by atoms with E-state index < -0.39 is 5.79 Å². The lowest BCUT2D eigenvalue weighted by Crippen LogP contribution is -2.48. The molecule has 0 N–H and O–H groups in total. The van der Waals surface area contributed by atoms with E-state index in [1.165, 1.54) is 0 Å². The molecule has 2 saturated heterocycles. The summed E-state index contributed by atoms with van der Waals surface area (Å²) in [4.78, 5) is 29.3. The first-order valence-electron chi connectivity index (χ1n) is 10.1. The van der Waals surface area contributed by atoms with Gasteiger partial charge in [-0.25, -0.2) is 0 Å². The van der Waals surface area contributed by atoms with Crippen molar-refractivity contribution in [2.45, 2.75) is 31.6 Å². The molecule has 2 aliphatic heterocycles. The minimum absolute atomic E-state index is 0.142. The summed E-state index contributed by atoms with van der Waals surface area (Å²) in [6.45, 7) is 2.75. The number of benzene rings is 2. The average Bonchev–Trinajstić information content (AvgIpc) is 3.21. The molecule has 2 aromatic carbocycles. The van der Waals surface area contributed by atoms with Gasteiger partial charge in [0.1, 0.15) is 6.42 Å². The Morgan fingerprint density at radius 3 is 2.10 bits per heavy atom. The van der Waals surface area contributed by atoms with Crippen LogP contribution in [0, 0.1) is 0 Å². The number of para-hydroxylation sites is 1. The maximum absolute atomic E-state index is 13.1. The summed E-state index contributed by atoms with van der Waals surface area (Å²) in [6.07, 6.45) is 1.16. The first-order valence-corrected chi connectivity index (χ1v) is 10.1. The fourth-order valence-corrected chi connectivity index (χ4v) is 3.92. The van der Waals surface area contributed by atoms with Crippen LogP contribution in [-0.2, 0) is 25.6 Å². The van der Waals surface area contributed by atoms with Crippen molar-refractivity contribution >= 4 is 17.5 Å². The minimum Gasteiger partial charge on any atom is -0.347 e. The number of amides is 2. The third kappa shape index (κ3) is 4.66. The van der Waals surface area contributed by atoms with Gasteiger partial charge in [-0.3, -0.25) is 9.59 Å². The van der Waals surface area contributed by atoms with Crippen molar-refractivity contribution in [1.29, 1.82) is 0 Å². The Morgan fingerprint density at radius 2 is 1.48 bits per heavy atom. The summed E-state index contributed by atoms with van der Waals surface area (Å²) in [5.74, 6) is -0.861. The van der Waals surface area contributed by atoms with Crippen LogP contribution in [0.3, 0.4) is 0 Å². The fourth-order valence-electron chi connectivity index (χ4n) is 3.92. The van der Waals surface area contributed by atoms with Crippen molar-refractivity contribution < 1.29 is 19.1 Å². The van der Waals surface area contributed by atoms with E-state index in [4.69, 9.17) is 9.47 Å². The predicted octanol–water partition coefficient (Wildman–Crippen LogP) is 2.98. The molecule has 0 aromatic heterocycles. The van der Waals surface area contributed by atoms with Gasteiger partial charge in [0.2, 0.25) is 11.8 Å². The molecule has 0 saturated carbocycles. The van der Waals surface area contributed by atoms with Gasteiger partial charge in [0.25, 0.3) is 0 Å². The molecule has 0 radical (unpaired) electrons. The van der Waals surface area contributed by atoms with E-state index in [2.05, 4.69) is 0 Å². The Kier molecular flexibility index (Phi) is 5.92. The molecule has 2 heterocycles. The molecule has 2 amide bonds. The molecule has 6 nitrogen and oxygen atoms in total. The average molecular weight is 394 g/mol. The van der Waals surface area contributed by atoms with E-state index in [1.807, 2.05) is 60.7 Å². The van der Waals surface area contributed by atoms with Crippen molar-refractivity contribution in [2.75, 3.05) is 31.2 Å². The molecule has 0 bridgehead atoms. The van der Waals surface area contributed by atoms with Gasteiger partial charge in [-0.2, -0.15) is 0 Å². The highest BCUT2D eigenvalue weighted by Crippen LogP contribution is 2.31. The first-order chi connectivity index (χ1) is 14.2. The number of rotatable bonds is 5. The van der Waals surface area contributed by atoms with E-state index in [9.17, 15) is 9.59 Å². The second-order valence-electron chi connectivity index (χ2n) is 7.47. The van der Waals surface area contributed by atoms with Gasteiger partial charge < -0.3 is 19.3 Å². The Bertz CT molecular complexity index is 824. The summed E-state index contributed by atoms with van der Waals surface area (Å²) in [5.41, 5.74) is 1.81. The number of ether oxygens (including phenoxy) is 2. The van der Waals surface area contributed by atoms with E-state index >= 15 is 0 Å². The van der Waals surface area contributed by atoms with Gasteiger partial charge in [0.05, 0.1) is 19.8 Å². The van der Waals surface area contributed by atoms with E-state index in [1.54, 1.807) is 9.80 Å². The Labute approximate surface area is 171 Å². The number of hydrogen-bond donors (Lipinski definition) is 0. The second kappa shape index (κ2) is 8.76. The number of piperidine rings is 1. The van der Waals surface area contributed by atoms with Crippen LogP contribution in [0.4, 0.5) is 5.69 Å². The molecular weight excluding hydrogens is 368 g/mol. The summed E-state index contributed by atoms with van der Waals surface area (Å²) in [5, 5.41) is 0. The Morgan fingerprint density at radius 1 is 0.897 bits per heavy atom. The largest absolute Gasteiger partial charge is 0.347 e. The zero-order valence-electron chi connectivity index (χ0n) is 16.5. The maximum Gasteiger partial charge on any atom is 0.236 e. The SMILES string of the molecule is O=C(CC(=O)N(Cc1ccccc1)c1ccccc1)N1CCC2(CC1)OCCO2. The van der Waals surface area contributed by atoms with Gasteiger partial charge in [0.15, 0.2) is 5.79 Å². The number of anilines is 1. The van der Waals surface area contributed by atoms with Crippen molar-refractivity contribution in [2.24, 2.45) is 0 Å². The summed E-state index contributed by atoms with van der Waals surface area (Å²) in [6, 6.07) is 19.3. The van der Waals surface area contributed by atoms with Gasteiger partial charge in [-0.05, 0) is 17.7 Å². The second-order valence-corrected chi connectivity index (χ2v) is 7.47. The zero-order valence-corrected chi connectivity index (χ0v) is 16.5. The normalized spacial score (nSPS) is 18.0. The molecule has 0 unspecified atom stereocenters. The van der Waals surface area contributed by atoms with Crippen LogP contribution < -0.4 is 4.90 Å². The summed E-state index contributed by atoms with van der Waals surface area (Å²) in [7, 11) is 0. The van der Waals surface area contributed by atoms with Crippen LogP contribution in [0.1, 0.15) is 24.8 Å². The molecular formula is C23H26N2O4. The summed E-state index contributed by atoms with van der Waals surface area (Å²) < 4.78 is 11.4. The molecule has 152 valence electrons. The van der Waals surface area contributed by atoms with Gasteiger partial charge in [0, 0.05) is 31.6 Å². The van der Waals surface area contributed by atoms with Crippen LogP contribution in [-0.4, -0.2) is 48.8 Å². The third-order valence-electron chi connectivity index (χ3n) is 5.55. The maximum atomic E-state index is 13.1. The molecule has 0 aliphatic carbocycles. The number of nitrogens with zero attached hydrogens (tertiary/aromatic N) is 2. The lowest BCUT2D eigenvalue weighted by molar-refractivity contribution is -0.187. The van der Waals surface area contributed by atoms with Crippen LogP contribution in [0.25, 0.3) is 0 Å². The summed E-state index contributed by atoms with van der Waals surface area (Å²) >= 11 is 0. The predicted molar refractivity (Wildman–Crippen MR) is 109 cm³/mol. The van der Waals surface area contributed by atoms with Crippen LogP contribution >= 0.6 is 0 Å². The van der Waals surface area contributed by atoms with Crippen molar-refractivity contribution in [1.82, 2.24) is 4.90 Å². The molecule has 4 rings (SSSR count). The van der Waals surface area contributed by atoms with E-state index in [-0.39, 0.29) is 18.2 Å². The van der Waals surface area contributed by atoms with Crippen molar-refractivity contribution in [3.63, 3.8) is 0 Å². The first kappa shape index (κ1) is 19.6. The highest BCUT2D eigenvalue weighted by molar-refractivity contribution is 6.04. The fraction of sp³-hybridized carbons (Fsp3) is 0.391. The number of likely N-dealkylation sites (tertiary alicyclic amines) is 1. The van der Waals surface area contributed by atoms with Crippen molar-refractivity contribution in [3.05, 3.63) is 66.2 Å². The molecule has 1 spiro atoms. The monoisotopic (exact) mass is 394 g/mol. The Balaban J connectivity index is 1.41. The molecule has 0 atom stereocenters. The van der Waals surface area contributed by atoms with Crippen LogP contribution in [0.5, 0.6) is 0 Å². The van der Waals surface area contributed by atoms with Gasteiger partial charge >= 0.3 is 0 Å². The highest BCUT2D eigenvalue weighted by Gasteiger charge is 2.41. The number of carbonyl (C=O) groups is 2. The Hall–Kier alpha value is -2.70. The smallest absolute Gasteiger partial charge is 0.236 e. The minimum atomic E-state index is -0.524. The molecule has 2 fully saturated rings.